The first-order chi connectivity index (χ1) is 7.68. The lowest BCUT2D eigenvalue weighted by Gasteiger charge is -2.18. The zero-order valence-corrected chi connectivity index (χ0v) is 10.9. The highest BCUT2D eigenvalue weighted by Crippen LogP contribution is 2.61. The van der Waals surface area contributed by atoms with Crippen LogP contribution < -0.4 is 0 Å². The summed E-state index contributed by atoms with van der Waals surface area (Å²) in [6.45, 7) is 8.69. The fraction of sp³-hybridized carbons (Fsp3) is 0.462. The topological polar surface area (TPSA) is 20.3 Å². The van der Waals surface area contributed by atoms with Crippen molar-refractivity contribution in [1.82, 2.24) is 4.90 Å². The van der Waals surface area contributed by atoms with Crippen LogP contribution in [-0.2, 0) is 4.79 Å². The zero-order valence-electron chi connectivity index (χ0n) is 9.92. The Morgan fingerprint density at radius 2 is 2.38 bits per heavy atom. The van der Waals surface area contributed by atoms with Gasteiger partial charge in [-0.3, -0.25) is 4.79 Å². The molecule has 0 aromatic heterocycles. The maximum Gasteiger partial charge on any atom is 0.226 e. The Labute approximate surface area is 98.9 Å². The highest BCUT2D eigenvalue weighted by atomic mass is 31.1. The summed E-state index contributed by atoms with van der Waals surface area (Å²) in [6, 6.07) is 0. The van der Waals surface area contributed by atoms with Crippen molar-refractivity contribution in [3.05, 3.63) is 36.1 Å². The molecular formula is C13H18NOP. The van der Waals surface area contributed by atoms with Gasteiger partial charge in [0.05, 0.1) is 0 Å². The molecule has 2 atom stereocenters. The molecule has 0 radical (unpaired) electrons. The number of amides is 1. The monoisotopic (exact) mass is 235 g/mol. The van der Waals surface area contributed by atoms with E-state index < -0.39 is 0 Å². The quantitative estimate of drug-likeness (QED) is 0.689. The molecule has 0 N–H and O–H groups in total. The van der Waals surface area contributed by atoms with Crippen molar-refractivity contribution >= 4 is 14.5 Å². The minimum absolute atomic E-state index is 0.223. The Balaban J connectivity index is 2.40. The van der Waals surface area contributed by atoms with Crippen molar-refractivity contribution in [3.63, 3.8) is 0 Å². The third-order valence-corrected chi connectivity index (χ3v) is 4.88. The molecule has 16 heavy (non-hydrogen) atoms. The van der Waals surface area contributed by atoms with Gasteiger partial charge in [0.2, 0.25) is 5.91 Å². The van der Waals surface area contributed by atoms with E-state index in [4.69, 9.17) is 0 Å². The largest absolute Gasteiger partial charge is 0.311 e. The highest BCUT2D eigenvalue weighted by Gasteiger charge is 2.52. The molecule has 2 rings (SSSR count). The molecule has 1 amide bonds. The van der Waals surface area contributed by atoms with Crippen LogP contribution in [0.1, 0.15) is 20.3 Å². The van der Waals surface area contributed by atoms with Crippen LogP contribution in [0.2, 0.25) is 0 Å². The third kappa shape index (κ3) is 1.66. The van der Waals surface area contributed by atoms with Gasteiger partial charge in [-0.25, -0.2) is 0 Å². The van der Waals surface area contributed by atoms with Gasteiger partial charge in [-0.2, -0.15) is 0 Å². The Morgan fingerprint density at radius 3 is 2.81 bits per heavy atom. The number of nitrogens with zero attached hydrogens (tertiary/aromatic N) is 1. The van der Waals surface area contributed by atoms with Gasteiger partial charge in [-0.05, 0) is 24.7 Å². The van der Waals surface area contributed by atoms with E-state index in [-0.39, 0.29) is 11.1 Å². The Hall–Kier alpha value is -0.880. The lowest BCUT2D eigenvalue weighted by atomic mass is 10.0. The van der Waals surface area contributed by atoms with E-state index in [0.717, 1.165) is 20.8 Å². The predicted octanol–water partition coefficient (Wildman–Crippen LogP) is 2.69. The molecule has 0 aromatic carbocycles. The molecule has 2 aliphatic heterocycles. The Kier molecular flexibility index (Phi) is 3.03. The lowest BCUT2D eigenvalue weighted by molar-refractivity contribution is -0.128. The van der Waals surface area contributed by atoms with Crippen LogP contribution in [0.5, 0.6) is 0 Å². The standard InChI is InChI=1S/C13H18NOP/c1-4-7-11-10(5-2)13(9-16-13)8-14(11)12(15)6-3/h4-5,7,16H,2,6,8-9H2,1,3H3/b7-4-. The molecule has 1 fully saturated rings. The van der Waals surface area contributed by atoms with Gasteiger partial charge in [0.15, 0.2) is 0 Å². The van der Waals surface area contributed by atoms with Gasteiger partial charge >= 0.3 is 0 Å². The summed E-state index contributed by atoms with van der Waals surface area (Å²) in [5.41, 5.74) is 2.36. The van der Waals surface area contributed by atoms with Crippen molar-refractivity contribution in [3.8, 4) is 0 Å². The van der Waals surface area contributed by atoms with Crippen molar-refractivity contribution in [2.24, 2.45) is 0 Å². The second-order valence-corrected chi connectivity index (χ2v) is 5.94. The fourth-order valence-corrected chi connectivity index (χ4v) is 3.50. The van der Waals surface area contributed by atoms with E-state index >= 15 is 0 Å². The van der Waals surface area contributed by atoms with Gasteiger partial charge in [-0.15, -0.1) is 8.58 Å². The van der Waals surface area contributed by atoms with E-state index in [2.05, 4.69) is 6.58 Å². The summed E-state index contributed by atoms with van der Waals surface area (Å²) >= 11 is 0. The number of hydrogen-bond acceptors (Lipinski definition) is 1. The molecule has 0 bridgehead atoms. The van der Waals surface area contributed by atoms with E-state index in [9.17, 15) is 4.79 Å². The first-order valence-corrected chi connectivity index (χ1v) is 6.94. The normalized spacial score (nSPS) is 29.8. The summed E-state index contributed by atoms with van der Waals surface area (Å²) in [6.07, 6.45) is 7.78. The smallest absolute Gasteiger partial charge is 0.226 e. The van der Waals surface area contributed by atoms with Gasteiger partial charge in [0, 0.05) is 23.8 Å². The fourth-order valence-electron chi connectivity index (χ4n) is 2.29. The van der Waals surface area contributed by atoms with Crippen LogP contribution in [0, 0.1) is 0 Å². The van der Waals surface area contributed by atoms with Crippen LogP contribution in [-0.4, -0.2) is 28.7 Å². The molecule has 2 heterocycles. The molecule has 0 aliphatic carbocycles. The summed E-state index contributed by atoms with van der Waals surface area (Å²) in [5, 5.41) is 0.279. The first kappa shape index (κ1) is 11.6. The van der Waals surface area contributed by atoms with Gasteiger partial charge < -0.3 is 4.90 Å². The third-order valence-electron chi connectivity index (χ3n) is 3.25. The maximum absolute atomic E-state index is 11.9. The molecule has 1 saturated heterocycles. The minimum atomic E-state index is 0.223. The van der Waals surface area contributed by atoms with Crippen molar-refractivity contribution in [2.75, 3.05) is 12.7 Å². The Morgan fingerprint density at radius 1 is 1.69 bits per heavy atom. The van der Waals surface area contributed by atoms with E-state index in [1.807, 2.05) is 37.0 Å². The number of allylic oxidation sites excluding steroid dienone is 3. The second-order valence-electron chi connectivity index (χ2n) is 4.27. The summed E-state index contributed by atoms with van der Waals surface area (Å²) < 4.78 is 0. The first-order valence-electron chi connectivity index (χ1n) is 5.74. The molecule has 86 valence electrons. The van der Waals surface area contributed by atoms with Gasteiger partial charge in [0.1, 0.15) is 0 Å². The summed E-state index contributed by atoms with van der Waals surface area (Å²) in [7, 11) is 0.958. The molecule has 0 saturated carbocycles. The molecular weight excluding hydrogens is 217 g/mol. The lowest BCUT2D eigenvalue weighted by Crippen LogP contribution is -2.30. The molecule has 2 nitrogen and oxygen atoms in total. The van der Waals surface area contributed by atoms with Crippen LogP contribution in [0.4, 0.5) is 0 Å². The molecule has 0 aromatic rings. The van der Waals surface area contributed by atoms with Gasteiger partial charge in [-0.1, -0.05) is 25.7 Å². The predicted molar refractivity (Wildman–Crippen MR) is 70.0 cm³/mol. The SMILES string of the molecule is C=CC1=C(/C=C\C)N(C(=O)CC)CC12CP2. The number of carbonyl (C=O) groups is 1. The molecule has 1 spiro atoms. The summed E-state index contributed by atoms with van der Waals surface area (Å²) in [5.74, 6) is 0.223. The summed E-state index contributed by atoms with van der Waals surface area (Å²) in [4.78, 5) is 13.8. The average molecular weight is 235 g/mol. The van der Waals surface area contributed by atoms with Crippen LogP contribution in [0.15, 0.2) is 36.1 Å². The number of rotatable bonds is 3. The highest BCUT2D eigenvalue weighted by molar-refractivity contribution is 7.49. The molecule has 2 unspecified atom stereocenters. The maximum atomic E-state index is 11.9. The van der Waals surface area contributed by atoms with Gasteiger partial charge in [0.25, 0.3) is 0 Å². The van der Waals surface area contributed by atoms with Crippen LogP contribution >= 0.6 is 8.58 Å². The van der Waals surface area contributed by atoms with E-state index in [0.29, 0.717) is 6.42 Å². The van der Waals surface area contributed by atoms with E-state index in [1.54, 1.807) is 0 Å². The molecule has 2 aliphatic rings. The average Bonchev–Trinajstić information content (AvgIpc) is 2.98. The number of carbonyl (C=O) groups excluding carboxylic acids is 1. The Bertz CT molecular complexity index is 391. The van der Waals surface area contributed by atoms with E-state index in [1.165, 1.54) is 11.7 Å². The second kappa shape index (κ2) is 4.18. The van der Waals surface area contributed by atoms with Crippen molar-refractivity contribution in [2.45, 2.75) is 25.4 Å². The number of hydrogen-bond donors (Lipinski definition) is 0. The molecule has 3 heteroatoms. The van der Waals surface area contributed by atoms with Crippen molar-refractivity contribution < 1.29 is 4.79 Å². The van der Waals surface area contributed by atoms with Crippen LogP contribution in [0.3, 0.4) is 0 Å². The zero-order chi connectivity index (χ0) is 11.8. The minimum Gasteiger partial charge on any atom is -0.311 e. The van der Waals surface area contributed by atoms with Crippen molar-refractivity contribution in [1.29, 1.82) is 0 Å². The van der Waals surface area contributed by atoms with Crippen LogP contribution in [0.25, 0.3) is 0 Å².